The van der Waals surface area contributed by atoms with Gasteiger partial charge in [0.05, 0.1) is 0 Å². The van der Waals surface area contributed by atoms with Crippen molar-refractivity contribution >= 4 is 5.97 Å². The smallest absolute Gasteiger partial charge is 0.305 e. The van der Waals surface area contributed by atoms with E-state index in [2.05, 4.69) is 33.0 Å². The Morgan fingerprint density at radius 3 is 2.27 bits per heavy atom. The summed E-state index contributed by atoms with van der Waals surface area (Å²) in [5.41, 5.74) is 6.66. The van der Waals surface area contributed by atoms with Crippen LogP contribution in [-0.2, 0) is 9.53 Å². The maximum atomic E-state index is 11.9. The number of nitrogens with two attached hydrogens (primary N) is 1. The van der Waals surface area contributed by atoms with Crippen LogP contribution in [0.15, 0.2) is 0 Å². The Bertz CT molecular complexity index is 469. The Kier molecular flexibility index (Phi) is 13.2. The first-order valence-electron chi connectivity index (χ1n) is 12.5. The van der Waals surface area contributed by atoms with Crippen LogP contribution in [0.25, 0.3) is 0 Å². The van der Waals surface area contributed by atoms with Gasteiger partial charge < -0.3 is 20.9 Å². The monoisotopic (exact) mass is 426 g/mol. The van der Waals surface area contributed by atoms with Gasteiger partial charge in [0.2, 0.25) is 0 Å². The van der Waals surface area contributed by atoms with E-state index in [1.165, 1.54) is 44.9 Å². The van der Waals surface area contributed by atoms with Gasteiger partial charge in [-0.05, 0) is 36.5 Å². The van der Waals surface area contributed by atoms with Crippen LogP contribution in [0.2, 0.25) is 0 Å². The highest BCUT2D eigenvalue weighted by atomic mass is 16.5. The van der Waals surface area contributed by atoms with Crippen molar-refractivity contribution in [1.29, 1.82) is 0 Å². The van der Waals surface area contributed by atoms with Crippen LogP contribution in [0.5, 0.6) is 0 Å². The number of hydrogen-bond acceptors (Lipinski definition) is 5. The quantitative estimate of drug-likeness (QED) is 0.240. The van der Waals surface area contributed by atoms with Gasteiger partial charge >= 0.3 is 5.97 Å². The van der Waals surface area contributed by atoms with Gasteiger partial charge in [-0.2, -0.15) is 0 Å². The van der Waals surface area contributed by atoms with Crippen molar-refractivity contribution in [2.45, 2.75) is 123 Å². The topological polar surface area (TPSA) is 84.6 Å². The molecule has 4 N–H and O–H groups in total. The van der Waals surface area contributed by atoms with E-state index in [1.807, 2.05) is 0 Å². The van der Waals surface area contributed by atoms with E-state index in [9.17, 15) is 9.90 Å². The van der Waals surface area contributed by atoms with Gasteiger partial charge in [0.1, 0.15) is 12.7 Å². The second kappa shape index (κ2) is 14.4. The molecule has 178 valence electrons. The van der Waals surface area contributed by atoms with Crippen molar-refractivity contribution in [3.8, 4) is 0 Å². The zero-order chi connectivity index (χ0) is 22.5. The Labute approximate surface area is 185 Å². The maximum absolute atomic E-state index is 11.9. The lowest BCUT2D eigenvalue weighted by Crippen LogP contribution is -2.47. The molecule has 1 fully saturated rings. The van der Waals surface area contributed by atoms with E-state index < -0.39 is 6.10 Å². The van der Waals surface area contributed by atoms with Gasteiger partial charge in [-0.15, -0.1) is 0 Å². The van der Waals surface area contributed by atoms with Crippen molar-refractivity contribution in [3.63, 3.8) is 0 Å². The summed E-state index contributed by atoms with van der Waals surface area (Å²) in [6.07, 6.45) is 14.1. The summed E-state index contributed by atoms with van der Waals surface area (Å²) >= 11 is 0. The van der Waals surface area contributed by atoms with E-state index in [0.717, 1.165) is 38.6 Å². The normalized spacial score (nSPS) is 24.5. The number of aliphatic hydroxyl groups excluding tert-OH is 1. The van der Waals surface area contributed by atoms with Gasteiger partial charge in [-0.3, -0.25) is 4.79 Å². The molecule has 0 aromatic rings. The lowest BCUT2D eigenvalue weighted by Gasteiger charge is -2.46. The fourth-order valence-electron chi connectivity index (χ4n) is 5.29. The number of carbonyl (C=O) groups excluding carboxylic acids is 1. The van der Waals surface area contributed by atoms with Crippen LogP contribution in [0.3, 0.4) is 0 Å². The van der Waals surface area contributed by atoms with Crippen molar-refractivity contribution in [3.05, 3.63) is 0 Å². The molecule has 1 rings (SSSR count). The van der Waals surface area contributed by atoms with Crippen molar-refractivity contribution < 1.29 is 14.6 Å². The molecule has 1 aliphatic rings. The Morgan fingerprint density at radius 2 is 1.67 bits per heavy atom. The van der Waals surface area contributed by atoms with Crippen LogP contribution in [0, 0.1) is 10.8 Å². The standard InChI is InChI=1S/C25H50N2O3/c1-5-6-7-8-9-10-11-12-13-14-23(29)30-18-22(28)17-27-20-25(4)16-21(26)15-24(2,3)19-25/h21-22,27-28H,5-20,26H2,1-4H3. The molecule has 3 atom stereocenters. The first-order valence-corrected chi connectivity index (χ1v) is 12.5. The molecule has 1 saturated carbocycles. The van der Waals surface area contributed by atoms with Gasteiger partial charge in [0.25, 0.3) is 0 Å². The molecule has 0 aromatic carbocycles. The molecular formula is C25H50N2O3. The summed E-state index contributed by atoms with van der Waals surface area (Å²) in [5.74, 6) is -0.191. The minimum Gasteiger partial charge on any atom is -0.463 e. The van der Waals surface area contributed by atoms with Crippen molar-refractivity contribution in [2.24, 2.45) is 16.6 Å². The van der Waals surface area contributed by atoms with E-state index in [1.54, 1.807) is 0 Å². The lowest BCUT2D eigenvalue weighted by atomic mass is 9.63. The molecule has 0 aliphatic heterocycles. The highest BCUT2D eigenvalue weighted by molar-refractivity contribution is 5.69. The zero-order valence-corrected chi connectivity index (χ0v) is 20.3. The molecule has 5 heteroatoms. The van der Waals surface area contributed by atoms with Crippen LogP contribution >= 0.6 is 0 Å². The molecule has 0 aromatic heterocycles. The predicted molar refractivity (Wildman–Crippen MR) is 125 cm³/mol. The predicted octanol–water partition coefficient (Wildman–Crippen LogP) is 4.94. The summed E-state index contributed by atoms with van der Waals surface area (Å²) < 4.78 is 5.24. The van der Waals surface area contributed by atoms with Crippen LogP contribution < -0.4 is 11.1 Å². The van der Waals surface area contributed by atoms with Gasteiger partial charge in [0.15, 0.2) is 0 Å². The summed E-state index contributed by atoms with van der Waals surface area (Å²) in [4.78, 5) is 11.9. The van der Waals surface area contributed by atoms with E-state index >= 15 is 0 Å². The van der Waals surface area contributed by atoms with E-state index in [4.69, 9.17) is 10.5 Å². The first-order chi connectivity index (χ1) is 14.2. The number of aliphatic hydroxyl groups is 1. The number of unbranched alkanes of at least 4 members (excludes halogenated alkanes) is 8. The van der Waals surface area contributed by atoms with E-state index in [-0.39, 0.29) is 29.4 Å². The molecule has 0 bridgehead atoms. The SMILES string of the molecule is CCCCCCCCCCCC(=O)OCC(O)CNCC1(C)CC(N)CC(C)(C)C1. The van der Waals surface area contributed by atoms with Gasteiger partial charge in [-0.25, -0.2) is 0 Å². The molecule has 0 spiro atoms. The summed E-state index contributed by atoms with van der Waals surface area (Å²) in [5, 5.41) is 13.5. The average Bonchev–Trinajstić information content (AvgIpc) is 2.63. The molecule has 5 nitrogen and oxygen atoms in total. The fraction of sp³-hybridized carbons (Fsp3) is 0.960. The number of hydrogen-bond donors (Lipinski definition) is 3. The number of rotatable bonds is 16. The highest BCUT2D eigenvalue weighted by Gasteiger charge is 2.39. The number of nitrogens with one attached hydrogen (secondary N) is 1. The highest BCUT2D eigenvalue weighted by Crippen LogP contribution is 2.45. The molecule has 30 heavy (non-hydrogen) atoms. The minimum atomic E-state index is -0.661. The van der Waals surface area contributed by atoms with Crippen LogP contribution in [0.1, 0.15) is 111 Å². The molecule has 0 heterocycles. The largest absolute Gasteiger partial charge is 0.463 e. The number of carbonyl (C=O) groups is 1. The summed E-state index contributed by atoms with van der Waals surface area (Å²) in [6, 6.07) is 0.243. The Balaban J connectivity index is 2.04. The second-order valence-corrected chi connectivity index (χ2v) is 10.9. The lowest BCUT2D eigenvalue weighted by molar-refractivity contribution is -0.146. The van der Waals surface area contributed by atoms with Gasteiger partial charge in [-0.1, -0.05) is 79.1 Å². The third-order valence-corrected chi connectivity index (χ3v) is 6.33. The molecule has 0 amide bonds. The Hall–Kier alpha value is -0.650. The van der Waals surface area contributed by atoms with E-state index in [0.29, 0.717) is 13.0 Å². The molecule has 1 aliphatic carbocycles. The van der Waals surface area contributed by atoms with Crippen molar-refractivity contribution in [1.82, 2.24) is 5.32 Å². The Morgan fingerprint density at radius 1 is 1.07 bits per heavy atom. The summed E-state index contributed by atoms with van der Waals surface area (Å²) in [6.45, 7) is 10.4. The first kappa shape index (κ1) is 27.4. The molecular weight excluding hydrogens is 376 g/mol. The summed E-state index contributed by atoms with van der Waals surface area (Å²) in [7, 11) is 0. The van der Waals surface area contributed by atoms with Crippen LogP contribution in [-0.4, -0.2) is 42.9 Å². The maximum Gasteiger partial charge on any atom is 0.305 e. The molecule has 0 radical (unpaired) electrons. The minimum absolute atomic E-state index is 0.0744. The zero-order valence-electron chi connectivity index (χ0n) is 20.3. The average molecular weight is 427 g/mol. The molecule has 0 saturated heterocycles. The van der Waals surface area contributed by atoms with Crippen molar-refractivity contribution in [2.75, 3.05) is 19.7 Å². The van der Waals surface area contributed by atoms with Gasteiger partial charge in [0, 0.05) is 25.6 Å². The second-order valence-electron chi connectivity index (χ2n) is 10.9. The molecule has 3 unspecified atom stereocenters. The third kappa shape index (κ3) is 12.9. The third-order valence-electron chi connectivity index (χ3n) is 6.33. The number of ether oxygens (including phenoxy) is 1. The van der Waals surface area contributed by atoms with Crippen LogP contribution in [0.4, 0.5) is 0 Å². The fourth-order valence-corrected chi connectivity index (χ4v) is 5.29. The number of esters is 1.